The number of thiophene rings is 1. The van der Waals surface area contributed by atoms with Crippen molar-refractivity contribution in [3.05, 3.63) is 194 Å². The molecule has 0 amide bonds. The van der Waals surface area contributed by atoms with Gasteiger partial charge >= 0.3 is 0 Å². The minimum absolute atomic E-state index is 0.765. The lowest BCUT2D eigenvalue weighted by atomic mass is 9.96. The number of fused-ring (bicyclic) bond motifs is 10. The molecule has 0 aliphatic heterocycles. The van der Waals surface area contributed by atoms with Gasteiger partial charge in [0.25, 0.3) is 0 Å². The van der Waals surface area contributed by atoms with Gasteiger partial charge < -0.3 is 4.57 Å². The molecule has 0 saturated heterocycles. The van der Waals surface area contributed by atoms with E-state index in [0.29, 0.717) is 0 Å². The van der Waals surface area contributed by atoms with E-state index in [0.717, 1.165) is 52.4 Å². The van der Waals surface area contributed by atoms with Crippen molar-refractivity contribution in [3.8, 4) is 39.3 Å². The maximum atomic E-state index is 5.15. The lowest BCUT2D eigenvalue weighted by Gasteiger charge is -2.12. The van der Waals surface area contributed by atoms with Crippen molar-refractivity contribution in [2.75, 3.05) is 0 Å². The SMILES string of the molecule is C1=CC(c2nc(-c3ccccc3)cc(-c3ccc(-n4c5ccc6ccccc6c5c5c6c(ccc54)sc4ccc(-c5cccc7ccccc57)cc46)cc3)n2)=CCC1. The largest absolute Gasteiger partial charge is 0.309 e. The average Bonchev–Trinajstić information content (AvgIpc) is 3.85. The van der Waals surface area contributed by atoms with Crippen LogP contribution in [0.15, 0.2) is 188 Å². The van der Waals surface area contributed by atoms with Crippen LogP contribution in [0.25, 0.3) is 108 Å². The highest BCUT2D eigenvalue weighted by Gasteiger charge is 2.21. The zero-order valence-electron chi connectivity index (χ0n) is 31.6. The van der Waals surface area contributed by atoms with E-state index in [9.17, 15) is 0 Å². The van der Waals surface area contributed by atoms with Gasteiger partial charge in [-0.2, -0.15) is 0 Å². The quantitative estimate of drug-likeness (QED) is 0.175. The van der Waals surface area contributed by atoms with Crippen molar-refractivity contribution in [2.24, 2.45) is 0 Å². The van der Waals surface area contributed by atoms with Crippen molar-refractivity contribution in [2.45, 2.75) is 12.8 Å². The Hall–Kier alpha value is -7.14. The van der Waals surface area contributed by atoms with Crippen LogP contribution >= 0.6 is 11.3 Å². The highest BCUT2D eigenvalue weighted by atomic mass is 32.1. The second-order valence-corrected chi connectivity index (χ2v) is 16.3. The minimum atomic E-state index is 0.765. The summed E-state index contributed by atoms with van der Waals surface area (Å²) in [5.41, 5.74) is 11.1. The first-order valence-electron chi connectivity index (χ1n) is 20.0. The third-order valence-corrected chi connectivity index (χ3v) is 13.0. The topological polar surface area (TPSA) is 30.7 Å². The first kappa shape index (κ1) is 33.0. The van der Waals surface area contributed by atoms with Gasteiger partial charge in [-0.05, 0) is 94.0 Å². The molecule has 3 nitrogen and oxygen atoms in total. The zero-order chi connectivity index (χ0) is 38.2. The molecule has 0 bridgehead atoms. The zero-order valence-corrected chi connectivity index (χ0v) is 32.4. The summed E-state index contributed by atoms with van der Waals surface area (Å²) in [6.45, 7) is 0. The molecule has 272 valence electrons. The number of hydrogen-bond donors (Lipinski definition) is 0. The number of benzene rings is 8. The van der Waals surface area contributed by atoms with Crippen LogP contribution in [0, 0.1) is 0 Å². The smallest absolute Gasteiger partial charge is 0.160 e. The summed E-state index contributed by atoms with van der Waals surface area (Å²) in [4.78, 5) is 10.2. The highest BCUT2D eigenvalue weighted by Crippen LogP contribution is 2.46. The first-order valence-corrected chi connectivity index (χ1v) is 20.8. The summed E-state index contributed by atoms with van der Waals surface area (Å²) < 4.78 is 5.06. The molecule has 1 aliphatic rings. The van der Waals surface area contributed by atoms with E-state index in [1.165, 1.54) is 74.6 Å². The van der Waals surface area contributed by atoms with E-state index in [-0.39, 0.29) is 0 Å². The predicted octanol–water partition coefficient (Wildman–Crippen LogP) is 15.0. The second kappa shape index (κ2) is 13.2. The summed E-state index contributed by atoms with van der Waals surface area (Å²) in [7, 11) is 0. The first-order chi connectivity index (χ1) is 28.7. The number of rotatable bonds is 5. The number of aromatic nitrogens is 3. The molecule has 4 heteroatoms. The van der Waals surface area contributed by atoms with Gasteiger partial charge in [-0.25, -0.2) is 9.97 Å². The molecule has 0 saturated carbocycles. The predicted molar refractivity (Wildman–Crippen MR) is 247 cm³/mol. The van der Waals surface area contributed by atoms with Crippen molar-refractivity contribution in [3.63, 3.8) is 0 Å². The molecule has 0 N–H and O–H groups in total. The molecule has 0 atom stereocenters. The van der Waals surface area contributed by atoms with Crippen LogP contribution in [-0.4, -0.2) is 14.5 Å². The number of hydrogen-bond acceptors (Lipinski definition) is 3. The Balaban J connectivity index is 1.07. The Morgan fingerprint density at radius 2 is 1.14 bits per heavy atom. The molecule has 0 radical (unpaired) electrons. The number of allylic oxidation sites excluding steroid dienone is 4. The van der Waals surface area contributed by atoms with E-state index >= 15 is 0 Å². The molecule has 58 heavy (non-hydrogen) atoms. The van der Waals surface area contributed by atoms with Crippen LogP contribution in [0.3, 0.4) is 0 Å². The minimum Gasteiger partial charge on any atom is -0.309 e. The average molecular weight is 758 g/mol. The summed E-state index contributed by atoms with van der Waals surface area (Å²) in [5.74, 6) is 0.765. The standard InChI is InChI=1S/C54H35N3S/c1-3-14-36(15-4-1)45-33-46(56-54(55-45)38-16-5-2-6-17-38)37-22-26-40(27-23-37)57-47-28-24-35-13-8-10-20-43(35)51(47)53-48(57)29-31-50-52(53)44-32-39(25-30-49(44)58-50)42-21-11-18-34-12-7-9-19-41(34)42/h1,3-5,7-33H,2,6H2. The van der Waals surface area contributed by atoms with Crippen molar-refractivity contribution >= 4 is 80.4 Å². The molecule has 0 fully saturated rings. The van der Waals surface area contributed by atoms with Crippen LogP contribution in [0.5, 0.6) is 0 Å². The Kier molecular flexibility index (Phi) is 7.54. The van der Waals surface area contributed by atoms with Crippen LogP contribution in [0.2, 0.25) is 0 Å². The molecule has 12 rings (SSSR count). The number of nitrogens with zero attached hydrogens (tertiary/aromatic N) is 3. The molecular formula is C54H35N3S. The Bertz CT molecular complexity index is 3490. The Morgan fingerprint density at radius 3 is 1.95 bits per heavy atom. The normalized spacial score (nSPS) is 13.1. The van der Waals surface area contributed by atoms with E-state index in [1.54, 1.807) is 0 Å². The lowest BCUT2D eigenvalue weighted by Crippen LogP contribution is -2.00. The van der Waals surface area contributed by atoms with E-state index in [4.69, 9.17) is 9.97 Å². The molecule has 0 unspecified atom stereocenters. The van der Waals surface area contributed by atoms with Crippen molar-refractivity contribution in [1.29, 1.82) is 0 Å². The van der Waals surface area contributed by atoms with Gasteiger partial charge in [0.15, 0.2) is 5.82 Å². The van der Waals surface area contributed by atoms with Crippen LogP contribution in [0.1, 0.15) is 18.7 Å². The van der Waals surface area contributed by atoms with E-state index in [2.05, 4.69) is 187 Å². The van der Waals surface area contributed by atoms with Crippen molar-refractivity contribution in [1.82, 2.24) is 14.5 Å². The molecular weight excluding hydrogens is 723 g/mol. The Labute approximate surface area is 339 Å². The molecule has 3 heterocycles. The molecule has 8 aromatic carbocycles. The molecule has 3 aromatic heterocycles. The van der Waals surface area contributed by atoms with Gasteiger partial charge in [0.1, 0.15) is 0 Å². The fourth-order valence-electron chi connectivity index (χ4n) is 9.10. The van der Waals surface area contributed by atoms with Gasteiger partial charge in [0.2, 0.25) is 0 Å². The maximum Gasteiger partial charge on any atom is 0.160 e. The highest BCUT2D eigenvalue weighted by molar-refractivity contribution is 7.26. The fourth-order valence-corrected chi connectivity index (χ4v) is 10.2. The van der Waals surface area contributed by atoms with Gasteiger partial charge in [-0.15, -0.1) is 11.3 Å². The maximum absolute atomic E-state index is 5.15. The van der Waals surface area contributed by atoms with E-state index < -0.39 is 0 Å². The van der Waals surface area contributed by atoms with Crippen molar-refractivity contribution < 1.29 is 0 Å². The summed E-state index contributed by atoms with van der Waals surface area (Å²) in [6, 6.07) is 61.9. The Morgan fingerprint density at radius 1 is 0.466 bits per heavy atom. The monoisotopic (exact) mass is 757 g/mol. The summed E-state index contributed by atoms with van der Waals surface area (Å²) >= 11 is 1.88. The second-order valence-electron chi connectivity index (χ2n) is 15.2. The summed E-state index contributed by atoms with van der Waals surface area (Å²) in [6.07, 6.45) is 8.68. The fraction of sp³-hybridized carbons (Fsp3) is 0.0370. The van der Waals surface area contributed by atoms with Crippen LogP contribution in [0.4, 0.5) is 0 Å². The third kappa shape index (κ3) is 5.26. The lowest BCUT2D eigenvalue weighted by molar-refractivity contribution is 1.03. The van der Waals surface area contributed by atoms with Gasteiger partial charge in [0, 0.05) is 53.3 Å². The van der Waals surface area contributed by atoms with E-state index in [1.807, 2.05) is 17.4 Å². The van der Waals surface area contributed by atoms with Gasteiger partial charge in [0.05, 0.1) is 22.4 Å². The molecule has 11 aromatic rings. The van der Waals surface area contributed by atoms with Crippen LogP contribution in [-0.2, 0) is 0 Å². The van der Waals surface area contributed by atoms with Gasteiger partial charge in [-0.3, -0.25) is 0 Å². The van der Waals surface area contributed by atoms with Gasteiger partial charge in [-0.1, -0.05) is 140 Å². The molecule has 1 aliphatic carbocycles. The summed E-state index contributed by atoms with van der Waals surface area (Å²) in [5, 5.41) is 10.3. The molecule has 0 spiro atoms. The van der Waals surface area contributed by atoms with Crippen LogP contribution < -0.4 is 0 Å². The third-order valence-electron chi connectivity index (χ3n) is 11.8.